The third-order valence-corrected chi connectivity index (χ3v) is 10.7. The highest BCUT2D eigenvalue weighted by Gasteiger charge is 2.45. The number of rotatable bonds is 13. The lowest BCUT2D eigenvalue weighted by atomic mass is 9.91. The van der Waals surface area contributed by atoms with Crippen molar-refractivity contribution < 1.29 is 23.7 Å². The molecule has 1 aliphatic heterocycles. The Morgan fingerprint density at radius 1 is 0.383 bits per heavy atom. The van der Waals surface area contributed by atoms with E-state index in [1.165, 1.54) is 0 Å². The van der Waals surface area contributed by atoms with E-state index in [1.54, 1.807) is 14.2 Å². The van der Waals surface area contributed by atoms with Gasteiger partial charge < -0.3 is 33.5 Å². The molecule has 8 aromatic rings. The topological polar surface area (TPSA) is 52.6 Å². The van der Waals surface area contributed by atoms with Crippen LogP contribution in [0.1, 0.15) is 23.2 Å². The van der Waals surface area contributed by atoms with Gasteiger partial charge in [-0.15, -0.1) is 0 Å². The number of nitrogens with zero attached hydrogens (tertiary/aromatic N) is 2. The SMILES string of the molecule is COc1cccc(OC)c1-c1ccccc1N1CN(c2c(Oc3ccccc3)cc(Oc3ccccc3)cc2Oc2ccccc2)[C@@H](c2ccccc2)[C@@H]1c1ccccc1. The lowest BCUT2D eigenvalue weighted by Crippen LogP contribution is -2.27. The number of anilines is 2. The standard InChI is InChI=1S/C53H44N2O5/c1-56-46-33-20-34-47(57-2)50(46)44-31-18-19-32-45(44)54-37-55(52(39-23-10-4-11-24-39)51(54)38-21-8-3-9-22-38)53-48(59-41-27-14-6-15-28-41)35-43(58-40-25-12-5-13-26-40)36-49(53)60-42-29-16-7-17-30-42/h3-36,51-52H,37H2,1-2H3/t51-,52-/m0/s1. The first-order valence-corrected chi connectivity index (χ1v) is 20.0. The van der Waals surface area contributed by atoms with Crippen molar-refractivity contribution in [3.63, 3.8) is 0 Å². The summed E-state index contributed by atoms with van der Waals surface area (Å²) in [6, 6.07) is 68.7. The van der Waals surface area contributed by atoms with Crippen LogP contribution in [0.25, 0.3) is 11.1 Å². The average molecular weight is 789 g/mol. The Hall–Kier alpha value is -7.64. The lowest BCUT2D eigenvalue weighted by molar-refractivity contribution is 0.397. The molecule has 0 unspecified atom stereocenters. The molecule has 0 aromatic heterocycles. The van der Waals surface area contributed by atoms with Crippen LogP contribution in [-0.2, 0) is 0 Å². The van der Waals surface area contributed by atoms with Gasteiger partial charge >= 0.3 is 0 Å². The first-order chi connectivity index (χ1) is 29.7. The second-order valence-electron chi connectivity index (χ2n) is 14.4. The van der Waals surface area contributed by atoms with Gasteiger partial charge in [-0.1, -0.05) is 140 Å². The summed E-state index contributed by atoms with van der Waals surface area (Å²) in [5.41, 5.74) is 5.92. The smallest absolute Gasteiger partial charge is 0.158 e. The zero-order valence-electron chi connectivity index (χ0n) is 33.4. The maximum Gasteiger partial charge on any atom is 0.158 e. The van der Waals surface area contributed by atoms with Gasteiger partial charge in [-0.2, -0.15) is 0 Å². The Morgan fingerprint density at radius 3 is 1.28 bits per heavy atom. The Kier molecular flexibility index (Phi) is 11.0. The van der Waals surface area contributed by atoms with Crippen LogP contribution in [0.2, 0.25) is 0 Å². The fraction of sp³-hybridized carbons (Fsp3) is 0.0943. The number of para-hydroxylation sites is 4. The number of ether oxygens (including phenoxy) is 5. The van der Waals surface area contributed by atoms with E-state index in [-0.39, 0.29) is 12.1 Å². The molecule has 1 aliphatic rings. The predicted octanol–water partition coefficient (Wildman–Crippen LogP) is 13.5. The van der Waals surface area contributed by atoms with E-state index in [2.05, 4.69) is 94.7 Å². The molecule has 7 heteroatoms. The van der Waals surface area contributed by atoms with Crippen LogP contribution in [0.5, 0.6) is 46.0 Å². The first kappa shape index (κ1) is 37.9. The molecule has 0 aliphatic carbocycles. The van der Waals surface area contributed by atoms with E-state index < -0.39 is 0 Å². The summed E-state index contributed by atoms with van der Waals surface area (Å²) in [5.74, 6) is 5.24. The quantitative estimate of drug-likeness (QED) is 0.115. The molecule has 60 heavy (non-hydrogen) atoms. The Bertz CT molecular complexity index is 2560. The van der Waals surface area contributed by atoms with Gasteiger partial charge in [-0.3, -0.25) is 0 Å². The normalized spacial score (nSPS) is 14.7. The minimum Gasteiger partial charge on any atom is -0.496 e. The van der Waals surface area contributed by atoms with Crippen LogP contribution in [0.4, 0.5) is 11.4 Å². The van der Waals surface area contributed by atoms with Gasteiger partial charge in [0.05, 0.1) is 38.5 Å². The monoisotopic (exact) mass is 788 g/mol. The van der Waals surface area contributed by atoms with Gasteiger partial charge in [-0.25, -0.2) is 0 Å². The maximum absolute atomic E-state index is 6.95. The van der Waals surface area contributed by atoms with Crippen LogP contribution in [0.3, 0.4) is 0 Å². The summed E-state index contributed by atoms with van der Waals surface area (Å²) in [5, 5.41) is 0. The molecule has 8 aromatic carbocycles. The van der Waals surface area contributed by atoms with Crippen LogP contribution >= 0.6 is 0 Å². The molecule has 9 rings (SSSR count). The molecular formula is C53H44N2O5. The van der Waals surface area contributed by atoms with Crippen molar-refractivity contribution in [3.8, 4) is 57.1 Å². The van der Waals surface area contributed by atoms with E-state index in [4.69, 9.17) is 23.7 Å². The van der Waals surface area contributed by atoms with Crippen LogP contribution in [-0.4, -0.2) is 20.9 Å². The van der Waals surface area contributed by atoms with Gasteiger partial charge in [-0.05, 0) is 65.7 Å². The molecular weight excluding hydrogens is 745 g/mol. The van der Waals surface area contributed by atoms with Crippen molar-refractivity contribution in [1.29, 1.82) is 0 Å². The van der Waals surface area contributed by atoms with Crippen molar-refractivity contribution >= 4 is 11.4 Å². The van der Waals surface area contributed by atoms with Crippen molar-refractivity contribution in [2.75, 3.05) is 30.7 Å². The fourth-order valence-electron chi connectivity index (χ4n) is 8.11. The van der Waals surface area contributed by atoms with Crippen LogP contribution < -0.4 is 33.5 Å². The first-order valence-electron chi connectivity index (χ1n) is 20.0. The highest BCUT2D eigenvalue weighted by molar-refractivity contribution is 5.87. The molecule has 0 amide bonds. The number of hydrogen-bond donors (Lipinski definition) is 0. The highest BCUT2D eigenvalue weighted by atomic mass is 16.5. The van der Waals surface area contributed by atoms with Crippen LogP contribution in [0, 0.1) is 0 Å². The van der Waals surface area contributed by atoms with E-state index >= 15 is 0 Å². The molecule has 7 nitrogen and oxygen atoms in total. The van der Waals surface area contributed by atoms with E-state index in [0.29, 0.717) is 41.2 Å². The number of benzene rings is 8. The second kappa shape index (κ2) is 17.5. The van der Waals surface area contributed by atoms with Crippen molar-refractivity contribution in [3.05, 3.63) is 217 Å². The summed E-state index contributed by atoms with van der Waals surface area (Å²) >= 11 is 0. The van der Waals surface area contributed by atoms with Gasteiger partial charge in [0.1, 0.15) is 40.2 Å². The highest BCUT2D eigenvalue weighted by Crippen LogP contribution is 2.56. The summed E-state index contributed by atoms with van der Waals surface area (Å²) in [6.45, 7) is 0.447. The minimum atomic E-state index is -0.238. The Morgan fingerprint density at radius 2 is 0.800 bits per heavy atom. The van der Waals surface area contributed by atoms with Gasteiger partial charge in [0.25, 0.3) is 0 Å². The zero-order valence-corrected chi connectivity index (χ0v) is 33.4. The fourth-order valence-corrected chi connectivity index (χ4v) is 8.11. The predicted molar refractivity (Wildman–Crippen MR) is 239 cm³/mol. The second-order valence-corrected chi connectivity index (χ2v) is 14.4. The molecule has 1 heterocycles. The van der Waals surface area contributed by atoms with Crippen LogP contribution in [0.15, 0.2) is 206 Å². The summed E-state index contributed by atoms with van der Waals surface area (Å²) < 4.78 is 32.4. The van der Waals surface area contributed by atoms with E-state index in [0.717, 1.165) is 45.1 Å². The Balaban J connectivity index is 1.31. The Labute approximate surface area is 351 Å². The molecule has 1 fully saturated rings. The van der Waals surface area contributed by atoms with Gasteiger partial charge in [0.15, 0.2) is 11.5 Å². The molecule has 296 valence electrons. The summed E-state index contributed by atoms with van der Waals surface area (Å²) in [4.78, 5) is 4.88. The van der Waals surface area contributed by atoms with Crippen molar-refractivity contribution in [2.45, 2.75) is 12.1 Å². The third kappa shape index (κ3) is 7.81. The lowest BCUT2D eigenvalue weighted by Gasteiger charge is -2.32. The average Bonchev–Trinajstić information content (AvgIpc) is 3.70. The zero-order chi connectivity index (χ0) is 40.7. The molecule has 2 atom stereocenters. The number of methoxy groups -OCH3 is 2. The van der Waals surface area contributed by atoms with E-state index in [1.807, 2.05) is 121 Å². The van der Waals surface area contributed by atoms with Crippen molar-refractivity contribution in [2.24, 2.45) is 0 Å². The van der Waals surface area contributed by atoms with Gasteiger partial charge in [0, 0.05) is 23.4 Å². The minimum absolute atomic E-state index is 0.190. The van der Waals surface area contributed by atoms with E-state index in [9.17, 15) is 0 Å². The molecule has 0 bridgehead atoms. The molecule has 1 saturated heterocycles. The maximum atomic E-state index is 6.95. The summed E-state index contributed by atoms with van der Waals surface area (Å²) in [7, 11) is 3.40. The van der Waals surface area contributed by atoms with Crippen molar-refractivity contribution in [1.82, 2.24) is 0 Å². The molecule has 0 spiro atoms. The summed E-state index contributed by atoms with van der Waals surface area (Å²) in [6.07, 6.45) is 0. The molecule has 0 saturated carbocycles. The van der Waals surface area contributed by atoms with Gasteiger partial charge in [0.2, 0.25) is 0 Å². The molecule has 0 radical (unpaired) electrons. The number of hydrogen-bond acceptors (Lipinski definition) is 7. The third-order valence-electron chi connectivity index (χ3n) is 10.7. The largest absolute Gasteiger partial charge is 0.496 e. The molecule has 0 N–H and O–H groups in total.